The van der Waals surface area contributed by atoms with E-state index in [1.165, 1.54) is 34.7 Å². The quantitative estimate of drug-likeness (QED) is 0.794. The Morgan fingerprint density at radius 3 is 2.70 bits per heavy atom. The fraction of sp³-hybridized carbons (Fsp3) is 0.333. The van der Waals surface area contributed by atoms with Crippen molar-refractivity contribution in [2.75, 3.05) is 6.54 Å². The first kappa shape index (κ1) is 15.9. The summed E-state index contributed by atoms with van der Waals surface area (Å²) in [6, 6.07) is 7.60. The standard InChI is InChI=1S/C18H18FNO2S/c1-12-15-9-11-23-17(15)8-10-20(12)18(22)7-6-16(21)13-2-4-14(19)5-3-13/h2-5,9,11-12H,6-8,10H2,1H3/t12-/m1/s1. The average molecular weight is 331 g/mol. The third-order valence-corrected chi connectivity index (χ3v) is 5.33. The molecule has 0 saturated heterocycles. The summed E-state index contributed by atoms with van der Waals surface area (Å²) in [6.45, 7) is 2.74. The second-order valence-electron chi connectivity index (χ2n) is 5.74. The van der Waals surface area contributed by atoms with Crippen LogP contribution in [0.5, 0.6) is 0 Å². The maximum atomic E-state index is 12.9. The Labute approximate surface area is 138 Å². The van der Waals surface area contributed by atoms with Gasteiger partial charge in [-0.1, -0.05) is 0 Å². The minimum Gasteiger partial charge on any atom is -0.336 e. The summed E-state index contributed by atoms with van der Waals surface area (Å²) in [5.74, 6) is -0.490. The molecular weight excluding hydrogens is 313 g/mol. The molecule has 23 heavy (non-hydrogen) atoms. The lowest BCUT2D eigenvalue weighted by Gasteiger charge is -2.33. The van der Waals surface area contributed by atoms with Gasteiger partial charge in [0.2, 0.25) is 5.91 Å². The van der Waals surface area contributed by atoms with Crippen LogP contribution in [0.25, 0.3) is 0 Å². The number of fused-ring (bicyclic) bond motifs is 1. The molecule has 0 spiro atoms. The minimum absolute atomic E-state index is 0.00446. The predicted molar refractivity (Wildman–Crippen MR) is 88.1 cm³/mol. The monoisotopic (exact) mass is 331 g/mol. The Morgan fingerprint density at radius 1 is 1.22 bits per heavy atom. The first-order valence-corrected chi connectivity index (χ1v) is 8.58. The van der Waals surface area contributed by atoms with Gasteiger partial charge in [0.05, 0.1) is 6.04 Å². The zero-order chi connectivity index (χ0) is 16.4. The smallest absolute Gasteiger partial charge is 0.223 e. The Bertz CT molecular complexity index is 723. The fourth-order valence-electron chi connectivity index (χ4n) is 2.99. The summed E-state index contributed by atoms with van der Waals surface area (Å²) in [5.41, 5.74) is 1.67. The van der Waals surface area contributed by atoms with Gasteiger partial charge in [-0.2, -0.15) is 0 Å². The predicted octanol–water partition coefficient (Wildman–Crippen LogP) is 4.00. The fourth-order valence-corrected chi connectivity index (χ4v) is 3.96. The normalized spacial score (nSPS) is 17.0. The van der Waals surface area contributed by atoms with Crippen LogP contribution in [0.15, 0.2) is 35.7 Å². The summed E-state index contributed by atoms with van der Waals surface area (Å²) in [7, 11) is 0. The molecule has 1 amide bonds. The first-order chi connectivity index (χ1) is 11.1. The van der Waals surface area contributed by atoms with E-state index in [1.807, 2.05) is 11.8 Å². The molecule has 2 heterocycles. The van der Waals surface area contributed by atoms with Crippen LogP contribution in [0.4, 0.5) is 4.39 Å². The maximum absolute atomic E-state index is 12.9. The summed E-state index contributed by atoms with van der Waals surface area (Å²) >= 11 is 1.74. The molecule has 5 heteroatoms. The van der Waals surface area contributed by atoms with E-state index in [0.717, 1.165) is 6.42 Å². The van der Waals surface area contributed by atoms with Crippen LogP contribution in [-0.2, 0) is 11.2 Å². The summed E-state index contributed by atoms with van der Waals surface area (Å²) < 4.78 is 12.9. The number of rotatable bonds is 4. The Kier molecular flexibility index (Phi) is 4.57. The lowest BCUT2D eigenvalue weighted by molar-refractivity contribution is -0.133. The van der Waals surface area contributed by atoms with Crippen molar-refractivity contribution in [3.8, 4) is 0 Å². The van der Waals surface area contributed by atoms with Crippen LogP contribution in [-0.4, -0.2) is 23.1 Å². The Balaban J connectivity index is 1.59. The van der Waals surface area contributed by atoms with Crippen molar-refractivity contribution in [3.05, 3.63) is 57.5 Å². The first-order valence-electron chi connectivity index (χ1n) is 7.71. The average Bonchev–Trinajstić information content (AvgIpc) is 3.03. The van der Waals surface area contributed by atoms with Gasteiger partial charge in [0.25, 0.3) is 0 Å². The van der Waals surface area contributed by atoms with Crippen molar-refractivity contribution in [2.24, 2.45) is 0 Å². The molecule has 2 aromatic rings. The van der Waals surface area contributed by atoms with Gasteiger partial charge in [-0.25, -0.2) is 4.39 Å². The minimum atomic E-state index is -0.369. The van der Waals surface area contributed by atoms with Crippen LogP contribution in [0.1, 0.15) is 46.6 Å². The number of benzene rings is 1. The Morgan fingerprint density at radius 2 is 1.96 bits per heavy atom. The second-order valence-corrected chi connectivity index (χ2v) is 6.74. The topological polar surface area (TPSA) is 37.4 Å². The zero-order valence-corrected chi connectivity index (χ0v) is 13.7. The van der Waals surface area contributed by atoms with Gasteiger partial charge in [0, 0.05) is 29.8 Å². The summed E-state index contributed by atoms with van der Waals surface area (Å²) in [5, 5.41) is 2.06. The highest BCUT2D eigenvalue weighted by atomic mass is 32.1. The molecule has 0 fully saturated rings. The van der Waals surface area contributed by atoms with E-state index in [-0.39, 0.29) is 36.4 Å². The number of amides is 1. The third-order valence-electron chi connectivity index (χ3n) is 4.33. The molecule has 0 aliphatic carbocycles. The number of ketones is 1. The lowest BCUT2D eigenvalue weighted by Crippen LogP contribution is -2.38. The molecule has 0 unspecified atom stereocenters. The van der Waals surface area contributed by atoms with Gasteiger partial charge in [-0.15, -0.1) is 11.3 Å². The molecular formula is C18H18FNO2S. The molecule has 3 rings (SSSR count). The number of hydrogen-bond donors (Lipinski definition) is 0. The zero-order valence-electron chi connectivity index (χ0n) is 12.9. The van der Waals surface area contributed by atoms with Crippen molar-refractivity contribution in [1.82, 2.24) is 4.90 Å². The second kappa shape index (κ2) is 6.62. The molecule has 0 bridgehead atoms. The molecule has 1 aromatic carbocycles. The molecule has 0 radical (unpaired) electrons. The van der Waals surface area contributed by atoms with Gasteiger partial charge in [0.15, 0.2) is 5.78 Å². The van der Waals surface area contributed by atoms with Gasteiger partial charge >= 0.3 is 0 Å². The Hall–Kier alpha value is -2.01. The largest absolute Gasteiger partial charge is 0.336 e. The van der Waals surface area contributed by atoms with E-state index in [1.54, 1.807) is 11.3 Å². The van der Waals surface area contributed by atoms with Crippen LogP contribution in [0.3, 0.4) is 0 Å². The van der Waals surface area contributed by atoms with Crippen molar-refractivity contribution in [3.63, 3.8) is 0 Å². The van der Waals surface area contributed by atoms with Crippen LogP contribution < -0.4 is 0 Å². The van der Waals surface area contributed by atoms with Crippen LogP contribution in [0, 0.1) is 5.82 Å². The van der Waals surface area contributed by atoms with Crippen molar-refractivity contribution in [1.29, 1.82) is 0 Å². The summed E-state index contributed by atoms with van der Waals surface area (Å²) in [4.78, 5) is 27.7. The highest BCUT2D eigenvalue weighted by molar-refractivity contribution is 7.10. The van der Waals surface area contributed by atoms with Crippen LogP contribution >= 0.6 is 11.3 Å². The summed E-state index contributed by atoms with van der Waals surface area (Å²) in [6.07, 6.45) is 1.24. The number of Topliss-reactive ketones (excluding diaryl/α,β-unsaturated/α-hetero) is 1. The van der Waals surface area contributed by atoms with Crippen molar-refractivity contribution < 1.29 is 14.0 Å². The van der Waals surface area contributed by atoms with Crippen LogP contribution in [0.2, 0.25) is 0 Å². The van der Waals surface area contributed by atoms with E-state index in [0.29, 0.717) is 12.1 Å². The molecule has 0 N–H and O–H groups in total. The van der Waals surface area contributed by atoms with Gasteiger partial charge in [-0.3, -0.25) is 9.59 Å². The molecule has 120 valence electrons. The third kappa shape index (κ3) is 3.34. The van der Waals surface area contributed by atoms with Gasteiger partial charge in [0.1, 0.15) is 5.82 Å². The molecule has 0 saturated carbocycles. The highest BCUT2D eigenvalue weighted by Crippen LogP contribution is 2.33. The number of carbonyl (C=O) groups excluding carboxylic acids is 2. The highest BCUT2D eigenvalue weighted by Gasteiger charge is 2.28. The van der Waals surface area contributed by atoms with Gasteiger partial charge in [-0.05, 0) is 54.6 Å². The van der Waals surface area contributed by atoms with E-state index in [4.69, 9.17) is 0 Å². The van der Waals surface area contributed by atoms with Crippen molar-refractivity contribution >= 4 is 23.0 Å². The molecule has 1 aliphatic heterocycles. The van der Waals surface area contributed by atoms with E-state index < -0.39 is 0 Å². The van der Waals surface area contributed by atoms with E-state index in [2.05, 4.69) is 11.4 Å². The molecule has 1 atom stereocenters. The SMILES string of the molecule is C[C@@H]1c2ccsc2CCN1C(=O)CCC(=O)c1ccc(F)cc1. The van der Waals surface area contributed by atoms with E-state index >= 15 is 0 Å². The number of carbonyl (C=O) groups is 2. The van der Waals surface area contributed by atoms with Crippen molar-refractivity contribution in [2.45, 2.75) is 32.2 Å². The number of thiophene rings is 1. The molecule has 3 nitrogen and oxygen atoms in total. The number of hydrogen-bond acceptors (Lipinski definition) is 3. The number of halogens is 1. The number of nitrogens with zero attached hydrogens (tertiary/aromatic N) is 1. The lowest BCUT2D eigenvalue weighted by atomic mass is 10.00. The van der Waals surface area contributed by atoms with E-state index in [9.17, 15) is 14.0 Å². The molecule has 1 aromatic heterocycles. The molecule has 1 aliphatic rings. The van der Waals surface area contributed by atoms with Gasteiger partial charge < -0.3 is 4.90 Å². The maximum Gasteiger partial charge on any atom is 0.223 e.